The van der Waals surface area contributed by atoms with Gasteiger partial charge in [0.2, 0.25) is 0 Å². The number of para-hydroxylation sites is 1. The summed E-state index contributed by atoms with van der Waals surface area (Å²) in [6.07, 6.45) is 3.31. The Labute approximate surface area is 148 Å². The largest absolute Gasteiger partial charge is 0.355 e. The van der Waals surface area contributed by atoms with E-state index in [9.17, 15) is 4.79 Å². The van der Waals surface area contributed by atoms with Gasteiger partial charge in [0.05, 0.1) is 27.7 Å². The van der Waals surface area contributed by atoms with E-state index in [1.54, 1.807) is 24.2 Å². The second-order valence-electron chi connectivity index (χ2n) is 5.49. The van der Waals surface area contributed by atoms with Crippen LogP contribution >= 0.6 is 23.4 Å². The zero-order chi connectivity index (χ0) is 16.5. The first kappa shape index (κ1) is 15.3. The fraction of sp³-hybridized carbons (Fsp3) is 0.111. The van der Waals surface area contributed by atoms with Gasteiger partial charge in [-0.05, 0) is 18.2 Å². The number of fused-ring (bicyclic) bond motifs is 1. The number of halogens is 1. The molecule has 0 aliphatic carbocycles. The minimum atomic E-state index is 0.132. The predicted molar refractivity (Wildman–Crippen MR) is 99.3 cm³/mol. The van der Waals surface area contributed by atoms with Crippen LogP contribution in [0.15, 0.2) is 48.8 Å². The Hall–Kier alpha value is -2.24. The van der Waals surface area contributed by atoms with Crippen LogP contribution in [0.4, 0.5) is 11.4 Å². The van der Waals surface area contributed by atoms with E-state index < -0.39 is 0 Å². The Morgan fingerprint density at radius 3 is 2.79 bits per heavy atom. The lowest BCUT2D eigenvalue weighted by molar-refractivity contribution is 0.102. The van der Waals surface area contributed by atoms with Crippen molar-refractivity contribution < 1.29 is 4.79 Å². The number of hydrogen-bond acceptors (Lipinski definition) is 4. The summed E-state index contributed by atoms with van der Waals surface area (Å²) in [5, 5.41) is 3.94. The molecule has 3 heterocycles. The fourth-order valence-corrected chi connectivity index (χ4v) is 3.92. The second kappa shape index (κ2) is 6.34. The van der Waals surface area contributed by atoms with E-state index in [2.05, 4.69) is 15.3 Å². The summed E-state index contributed by atoms with van der Waals surface area (Å²) < 4.78 is 0. The molecule has 0 saturated carbocycles. The summed E-state index contributed by atoms with van der Waals surface area (Å²) >= 11 is 7.95. The highest BCUT2D eigenvalue weighted by Crippen LogP contribution is 2.41. The van der Waals surface area contributed by atoms with Gasteiger partial charge in [-0.25, -0.2) is 0 Å². The lowest BCUT2D eigenvalue weighted by Crippen LogP contribution is -2.11. The van der Waals surface area contributed by atoms with E-state index in [1.807, 2.05) is 36.4 Å². The first-order chi connectivity index (χ1) is 11.7. The molecule has 0 unspecified atom stereocenters. The number of rotatable bonds is 3. The van der Waals surface area contributed by atoms with Crippen molar-refractivity contribution in [3.05, 3.63) is 65.1 Å². The van der Waals surface area contributed by atoms with E-state index >= 15 is 0 Å². The van der Waals surface area contributed by atoms with Crippen molar-refractivity contribution in [2.45, 2.75) is 5.75 Å². The second-order valence-corrected chi connectivity index (χ2v) is 6.88. The number of ketones is 1. The quantitative estimate of drug-likeness (QED) is 0.701. The standard InChI is InChI=1S/C18H14ClN3OS/c19-13-8-20-7-6-12(13)17-18(21-11-4-2-1-3-5-11)16-14(22-17)9-24-10-15(16)23/h1-8,21-22H,9-10H2. The van der Waals surface area contributed by atoms with Gasteiger partial charge in [0.25, 0.3) is 0 Å². The molecule has 120 valence electrons. The van der Waals surface area contributed by atoms with E-state index in [1.165, 1.54) is 0 Å². The minimum absolute atomic E-state index is 0.132. The SMILES string of the molecule is O=C1CSCc2[nH]c(-c3ccncc3Cl)c(Nc3ccccc3)c21. The van der Waals surface area contributed by atoms with Crippen molar-refractivity contribution >= 4 is 40.5 Å². The van der Waals surface area contributed by atoms with Gasteiger partial charge in [-0.3, -0.25) is 9.78 Å². The number of benzene rings is 1. The van der Waals surface area contributed by atoms with Crippen LogP contribution < -0.4 is 5.32 Å². The predicted octanol–water partition coefficient (Wildman–Crippen LogP) is 4.90. The van der Waals surface area contributed by atoms with Crippen LogP contribution in [0.5, 0.6) is 0 Å². The van der Waals surface area contributed by atoms with Gasteiger partial charge < -0.3 is 10.3 Å². The number of anilines is 2. The van der Waals surface area contributed by atoms with E-state index in [-0.39, 0.29) is 5.78 Å². The summed E-state index contributed by atoms with van der Waals surface area (Å²) in [6, 6.07) is 11.7. The monoisotopic (exact) mass is 355 g/mol. The molecule has 0 bridgehead atoms. The number of aromatic amines is 1. The molecule has 0 saturated heterocycles. The highest BCUT2D eigenvalue weighted by Gasteiger charge is 2.27. The number of aromatic nitrogens is 2. The van der Waals surface area contributed by atoms with Crippen LogP contribution in [-0.4, -0.2) is 21.5 Å². The molecule has 1 aliphatic rings. The zero-order valence-corrected chi connectivity index (χ0v) is 14.2. The first-order valence-electron chi connectivity index (χ1n) is 7.52. The van der Waals surface area contributed by atoms with Crippen LogP contribution in [0, 0.1) is 0 Å². The molecule has 0 radical (unpaired) electrons. The molecule has 6 heteroatoms. The molecule has 4 rings (SSSR count). The molecule has 1 aromatic carbocycles. The van der Waals surface area contributed by atoms with Gasteiger partial charge in [0.1, 0.15) is 0 Å². The number of thioether (sulfide) groups is 1. The number of nitrogens with zero attached hydrogens (tertiary/aromatic N) is 1. The topological polar surface area (TPSA) is 57.8 Å². The van der Waals surface area contributed by atoms with Crippen LogP contribution in [0.3, 0.4) is 0 Å². The Morgan fingerprint density at radius 1 is 1.17 bits per heavy atom. The summed E-state index contributed by atoms with van der Waals surface area (Å²) in [5.41, 5.74) is 5.05. The molecular formula is C18H14ClN3OS. The molecule has 24 heavy (non-hydrogen) atoms. The van der Waals surface area contributed by atoms with Crippen molar-refractivity contribution in [3.8, 4) is 11.3 Å². The van der Waals surface area contributed by atoms with Crippen molar-refractivity contribution in [1.82, 2.24) is 9.97 Å². The van der Waals surface area contributed by atoms with Gasteiger partial charge >= 0.3 is 0 Å². The molecule has 3 aromatic rings. The molecule has 0 amide bonds. The van der Waals surface area contributed by atoms with Gasteiger partial charge in [0, 0.05) is 35.1 Å². The molecule has 0 fully saturated rings. The van der Waals surface area contributed by atoms with Crippen molar-refractivity contribution in [2.24, 2.45) is 0 Å². The normalized spacial score (nSPS) is 13.6. The van der Waals surface area contributed by atoms with Gasteiger partial charge in [0.15, 0.2) is 5.78 Å². The molecule has 1 aliphatic heterocycles. The summed E-state index contributed by atoms with van der Waals surface area (Å²) in [6.45, 7) is 0. The van der Waals surface area contributed by atoms with Gasteiger partial charge in [-0.2, -0.15) is 0 Å². The third-order valence-electron chi connectivity index (χ3n) is 3.92. The van der Waals surface area contributed by atoms with Crippen LogP contribution in [0.25, 0.3) is 11.3 Å². The number of Topliss-reactive ketones (excluding diaryl/α,β-unsaturated/α-hetero) is 1. The molecule has 2 N–H and O–H groups in total. The van der Waals surface area contributed by atoms with Crippen molar-refractivity contribution in [1.29, 1.82) is 0 Å². The van der Waals surface area contributed by atoms with E-state index in [4.69, 9.17) is 11.6 Å². The lowest BCUT2D eigenvalue weighted by Gasteiger charge is -2.13. The van der Waals surface area contributed by atoms with Crippen LogP contribution in [0.2, 0.25) is 5.02 Å². The van der Waals surface area contributed by atoms with E-state index in [0.717, 1.165) is 39.6 Å². The first-order valence-corrected chi connectivity index (χ1v) is 9.05. The Balaban J connectivity index is 1.90. The Bertz CT molecular complexity index is 908. The number of carbonyl (C=O) groups excluding carboxylic acids is 1. The smallest absolute Gasteiger partial charge is 0.176 e. The summed E-state index contributed by atoms with van der Waals surface area (Å²) in [5.74, 6) is 1.41. The maximum Gasteiger partial charge on any atom is 0.176 e. The Kier molecular flexibility index (Phi) is 4.04. The number of carbonyl (C=O) groups is 1. The average molecular weight is 356 g/mol. The number of hydrogen-bond donors (Lipinski definition) is 2. The number of nitrogens with one attached hydrogen (secondary N) is 2. The highest BCUT2D eigenvalue weighted by atomic mass is 35.5. The minimum Gasteiger partial charge on any atom is -0.355 e. The van der Waals surface area contributed by atoms with Crippen molar-refractivity contribution in [2.75, 3.05) is 11.1 Å². The molecule has 0 spiro atoms. The third kappa shape index (κ3) is 2.70. The molecule has 4 nitrogen and oxygen atoms in total. The number of H-pyrrole nitrogens is 1. The van der Waals surface area contributed by atoms with Gasteiger partial charge in [-0.15, -0.1) is 11.8 Å². The maximum atomic E-state index is 12.5. The summed E-state index contributed by atoms with van der Waals surface area (Å²) in [4.78, 5) is 19.9. The molecule has 2 aromatic heterocycles. The van der Waals surface area contributed by atoms with Crippen molar-refractivity contribution in [3.63, 3.8) is 0 Å². The highest BCUT2D eigenvalue weighted by molar-refractivity contribution is 7.99. The van der Waals surface area contributed by atoms with Crippen LogP contribution in [0.1, 0.15) is 16.1 Å². The maximum absolute atomic E-state index is 12.5. The fourth-order valence-electron chi connectivity index (χ4n) is 2.86. The van der Waals surface area contributed by atoms with Crippen LogP contribution in [-0.2, 0) is 5.75 Å². The van der Waals surface area contributed by atoms with Gasteiger partial charge in [-0.1, -0.05) is 29.8 Å². The molecule has 0 atom stereocenters. The third-order valence-corrected chi connectivity index (χ3v) is 5.18. The Morgan fingerprint density at radius 2 is 2.00 bits per heavy atom. The zero-order valence-electron chi connectivity index (χ0n) is 12.7. The van der Waals surface area contributed by atoms with E-state index in [0.29, 0.717) is 10.8 Å². The number of pyridine rings is 1. The molecular weight excluding hydrogens is 342 g/mol. The average Bonchev–Trinajstić information content (AvgIpc) is 2.96. The lowest BCUT2D eigenvalue weighted by atomic mass is 10.1. The summed E-state index contributed by atoms with van der Waals surface area (Å²) in [7, 11) is 0.